The Balaban J connectivity index is 0.705. The molecule has 0 saturated heterocycles. The summed E-state index contributed by atoms with van der Waals surface area (Å²) in [5.41, 5.74) is 22.3. The van der Waals surface area contributed by atoms with Crippen LogP contribution in [0.3, 0.4) is 0 Å². The molecule has 0 aliphatic heterocycles. The minimum atomic E-state index is 0.582. The van der Waals surface area contributed by atoms with Gasteiger partial charge in [0.05, 0.1) is 55.1 Å². The average molecular weight is 1170 g/mol. The molecule has 18 aromatic rings. The minimum Gasteiger partial charge on any atom is -0.436 e. The highest BCUT2D eigenvalue weighted by Gasteiger charge is 2.19. The Morgan fingerprint density at radius 3 is 1.48 bits per heavy atom. The number of aromatic nitrogens is 6. The van der Waals surface area contributed by atoms with Crippen LogP contribution in [-0.2, 0) is 0 Å². The van der Waals surface area contributed by atoms with Crippen molar-refractivity contribution in [2.45, 2.75) is 0 Å². The molecule has 0 amide bonds. The third-order valence-corrected chi connectivity index (χ3v) is 18.6. The third-order valence-electron chi connectivity index (χ3n) is 17.5. The van der Waals surface area contributed by atoms with Crippen molar-refractivity contribution in [3.63, 3.8) is 0 Å². The number of benzene rings is 12. The second-order valence-electron chi connectivity index (χ2n) is 22.9. The number of thiazole rings is 1. The molecule has 0 spiro atoms. The maximum Gasteiger partial charge on any atom is 0.227 e. The fraction of sp³-hybridized carbons (Fsp3) is 0. The largest absolute Gasteiger partial charge is 0.436 e. The van der Waals surface area contributed by atoms with Gasteiger partial charge in [0.15, 0.2) is 5.58 Å². The van der Waals surface area contributed by atoms with E-state index in [1.54, 1.807) is 11.3 Å². The van der Waals surface area contributed by atoms with Crippen molar-refractivity contribution >= 4 is 97.8 Å². The number of pyridine rings is 4. The molecule has 0 bridgehead atoms. The van der Waals surface area contributed by atoms with E-state index in [0.717, 1.165) is 160 Å². The van der Waals surface area contributed by atoms with Crippen LogP contribution in [0.5, 0.6) is 0 Å². The van der Waals surface area contributed by atoms with Crippen LogP contribution in [0.25, 0.3) is 187 Å². The fourth-order valence-corrected chi connectivity index (χ4v) is 13.9. The predicted molar refractivity (Wildman–Crippen MR) is 372 cm³/mol. The first kappa shape index (κ1) is 51.4. The van der Waals surface area contributed by atoms with Crippen LogP contribution in [0.1, 0.15) is 0 Å². The van der Waals surface area contributed by atoms with Gasteiger partial charge < -0.3 is 4.42 Å². The lowest BCUT2D eigenvalue weighted by Gasteiger charge is -2.16. The number of hydrogen-bond donors (Lipinski definition) is 0. The lowest BCUT2D eigenvalue weighted by atomic mass is 9.90. The second kappa shape index (κ2) is 21.0. The first-order chi connectivity index (χ1) is 44.5. The van der Waals surface area contributed by atoms with Crippen molar-refractivity contribution in [2.24, 2.45) is 0 Å². The van der Waals surface area contributed by atoms with Gasteiger partial charge in [-0.25, -0.2) is 29.9 Å². The number of para-hydroxylation sites is 3. The Labute approximate surface area is 520 Å². The first-order valence-corrected chi connectivity index (χ1v) is 30.9. The zero-order chi connectivity index (χ0) is 59.2. The molecule has 7 nitrogen and oxygen atoms in total. The van der Waals surface area contributed by atoms with E-state index in [9.17, 15) is 0 Å². The summed E-state index contributed by atoms with van der Waals surface area (Å²) in [5.74, 6) is 0.582. The van der Waals surface area contributed by atoms with Gasteiger partial charge in [-0.05, 0) is 140 Å². The summed E-state index contributed by atoms with van der Waals surface area (Å²) in [6, 6.07) is 103. The van der Waals surface area contributed by atoms with E-state index < -0.39 is 0 Å². The summed E-state index contributed by atoms with van der Waals surface area (Å²) in [7, 11) is 0. The van der Waals surface area contributed by atoms with E-state index in [2.05, 4.69) is 249 Å². The molecule has 0 radical (unpaired) electrons. The molecular weight excluding hydrogens is 1120 g/mol. The minimum absolute atomic E-state index is 0.582. The molecule has 6 aromatic heterocycles. The number of nitrogens with zero attached hydrogens (tertiary/aromatic N) is 6. The maximum atomic E-state index is 6.14. The molecule has 18 rings (SSSR count). The summed E-state index contributed by atoms with van der Waals surface area (Å²) in [6.45, 7) is 0. The molecule has 0 unspecified atom stereocenters. The maximum absolute atomic E-state index is 6.14. The highest BCUT2D eigenvalue weighted by Crippen LogP contribution is 2.43. The molecule has 12 aromatic carbocycles. The van der Waals surface area contributed by atoms with Crippen LogP contribution in [0.2, 0.25) is 0 Å². The predicted octanol–water partition coefficient (Wildman–Crippen LogP) is 21.9. The molecule has 0 aliphatic rings. The highest BCUT2D eigenvalue weighted by molar-refractivity contribution is 7.21. The smallest absolute Gasteiger partial charge is 0.227 e. The van der Waals surface area contributed by atoms with Crippen LogP contribution < -0.4 is 0 Å². The van der Waals surface area contributed by atoms with Gasteiger partial charge in [-0.3, -0.25) is 0 Å². The normalized spacial score (nSPS) is 11.8. The van der Waals surface area contributed by atoms with E-state index in [1.165, 1.54) is 21.0 Å². The molecule has 0 aliphatic carbocycles. The van der Waals surface area contributed by atoms with Crippen molar-refractivity contribution in [2.75, 3.05) is 0 Å². The highest BCUT2D eigenvalue weighted by atomic mass is 32.1. The first-order valence-electron chi connectivity index (χ1n) is 30.1. The molecule has 418 valence electrons. The van der Waals surface area contributed by atoms with E-state index in [0.29, 0.717) is 5.89 Å². The summed E-state index contributed by atoms with van der Waals surface area (Å²) in [5, 5.41) is 9.84. The van der Waals surface area contributed by atoms with Crippen molar-refractivity contribution < 1.29 is 4.42 Å². The Morgan fingerprint density at radius 2 is 0.756 bits per heavy atom. The summed E-state index contributed by atoms with van der Waals surface area (Å²) in [6.07, 6.45) is 0. The molecule has 0 atom stereocenters. The Bertz CT molecular complexity index is 5860. The van der Waals surface area contributed by atoms with Gasteiger partial charge in [0.25, 0.3) is 0 Å². The molecular formula is C82H48N6OS. The molecule has 0 N–H and O–H groups in total. The van der Waals surface area contributed by atoms with Gasteiger partial charge in [-0.2, -0.15) is 0 Å². The van der Waals surface area contributed by atoms with Crippen LogP contribution in [0.15, 0.2) is 296 Å². The van der Waals surface area contributed by atoms with Crippen LogP contribution in [0, 0.1) is 0 Å². The van der Waals surface area contributed by atoms with Gasteiger partial charge in [-0.1, -0.05) is 206 Å². The second-order valence-corrected chi connectivity index (χ2v) is 24.0. The summed E-state index contributed by atoms with van der Waals surface area (Å²) >= 11 is 1.71. The lowest BCUT2D eigenvalue weighted by molar-refractivity contribution is 0.620. The van der Waals surface area contributed by atoms with Crippen LogP contribution in [-0.4, -0.2) is 29.9 Å². The van der Waals surface area contributed by atoms with E-state index in [1.807, 2.05) is 42.5 Å². The van der Waals surface area contributed by atoms with E-state index in [-0.39, 0.29) is 0 Å². The lowest BCUT2D eigenvalue weighted by Crippen LogP contribution is -1.94. The zero-order valence-corrected chi connectivity index (χ0v) is 49.0. The Hall–Kier alpha value is -11.8. The van der Waals surface area contributed by atoms with Gasteiger partial charge in [0.1, 0.15) is 10.5 Å². The van der Waals surface area contributed by atoms with E-state index in [4.69, 9.17) is 34.3 Å². The zero-order valence-electron chi connectivity index (χ0n) is 48.2. The van der Waals surface area contributed by atoms with Gasteiger partial charge in [0, 0.05) is 54.9 Å². The number of hydrogen-bond acceptors (Lipinski definition) is 8. The molecule has 0 saturated carbocycles. The van der Waals surface area contributed by atoms with Crippen molar-refractivity contribution in [3.05, 3.63) is 291 Å². The van der Waals surface area contributed by atoms with Crippen molar-refractivity contribution in [1.29, 1.82) is 0 Å². The van der Waals surface area contributed by atoms with Gasteiger partial charge in [-0.15, -0.1) is 11.3 Å². The average Bonchev–Trinajstić information content (AvgIpc) is 1.01. The standard InChI is InChI=1S/C82H48N6OS/c1-2-12-56-45-57(36-27-49(56)11-1)50-25-30-52(31-26-50)70-43-39-60-48-68(67-40-44-72(86-80(67)79(60)84-70)59-14-8-16-62(47-59)82-88-74-22-4-6-24-76(74)90-82)66-20-10-18-64-63(17-9-19-65(64)66)51-28-32-53(33-29-51)69-41-37-54-34-35-55-38-42-71(85-78(55)77(54)83-69)58-13-7-15-61(46-58)81-87-73-21-3-5-23-75(73)89-81/h1-48H. The third kappa shape index (κ3) is 8.96. The van der Waals surface area contributed by atoms with Gasteiger partial charge >= 0.3 is 0 Å². The Kier molecular flexibility index (Phi) is 12.0. The van der Waals surface area contributed by atoms with Crippen molar-refractivity contribution in [1.82, 2.24) is 29.9 Å². The topological polar surface area (TPSA) is 90.5 Å². The number of oxazole rings is 1. The molecule has 8 heteroatoms. The number of rotatable bonds is 9. The summed E-state index contributed by atoms with van der Waals surface area (Å²) < 4.78 is 7.30. The fourth-order valence-electron chi connectivity index (χ4n) is 12.9. The molecule has 0 fully saturated rings. The number of fused-ring (bicyclic) bond motifs is 10. The Morgan fingerprint density at radius 1 is 0.244 bits per heavy atom. The van der Waals surface area contributed by atoms with Crippen LogP contribution >= 0.6 is 11.3 Å². The van der Waals surface area contributed by atoms with E-state index >= 15 is 0 Å². The summed E-state index contributed by atoms with van der Waals surface area (Å²) in [4.78, 5) is 31.5. The van der Waals surface area contributed by atoms with Crippen LogP contribution in [0.4, 0.5) is 0 Å². The molecule has 6 heterocycles. The monoisotopic (exact) mass is 1160 g/mol. The van der Waals surface area contributed by atoms with Crippen molar-refractivity contribution in [3.8, 4) is 100 Å². The van der Waals surface area contributed by atoms with Gasteiger partial charge in [0.2, 0.25) is 5.89 Å². The molecule has 90 heavy (non-hydrogen) atoms. The quantitative estimate of drug-likeness (QED) is 0.133. The SMILES string of the molecule is c1cc(-c2ccc3ccc4ccc(-c5ccc(-c6cccc7c(-c8cc9ccc(-c%10ccc(-c%11ccc%12ccccc%12c%11)cc%10)nc9c9nc(-c%10cccc(-c%11nc%12ccccc%12s%11)c%10)ccc89)cccc67)cc5)nc4c3n2)cc(-c2nc3ccccc3o2)c1.